The molecular formula is C28H30ClNO4. The SMILES string of the molecule is COc1cc(N2CCC(Oc3ccc(-c4ccccc4Cl)cc3)C2=O)ccc1OCC(C)(C)C. The summed E-state index contributed by atoms with van der Waals surface area (Å²) in [6.07, 6.45) is 0.0735. The number of benzene rings is 3. The van der Waals surface area contributed by atoms with Gasteiger partial charge >= 0.3 is 0 Å². The summed E-state index contributed by atoms with van der Waals surface area (Å²) < 4.78 is 17.5. The van der Waals surface area contributed by atoms with E-state index in [1.807, 2.05) is 66.7 Å². The van der Waals surface area contributed by atoms with Gasteiger partial charge < -0.3 is 19.1 Å². The lowest BCUT2D eigenvalue weighted by atomic mass is 9.99. The van der Waals surface area contributed by atoms with Crippen molar-refractivity contribution in [2.24, 2.45) is 5.41 Å². The normalized spacial score (nSPS) is 16.0. The molecule has 0 aromatic heterocycles. The molecule has 0 radical (unpaired) electrons. The molecule has 1 fully saturated rings. The molecule has 1 amide bonds. The van der Waals surface area contributed by atoms with Crippen LogP contribution in [0.4, 0.5) is 5.69 Å². The molecule has 0 aliphatic carbocycles. The maximum atomic E-state index is 13.1. The zero-order valence-corrected chi connectivity index (χ0v) is 20.8. The molecular weight excluding hydrogens is 450 g/mol. The lowest BCUT2D eigenvalue weighted by molar-refractivity contribution is -0.122. The number of methoxy groups -OCH3 is 1. The van der Waals surface area contributed by atoms with Crippen LogP contribution >= 0.6 is 11.6 Å². The van der Waals surface area contributed by atoms with E-state index in [1.54, 1.807) is 12.0 Å². The molecule has 1 saturated heterocycles. The average molecular weight is 480 g/mol. The van der Waals surface area contributed by atoms with E-state index >= 15 is 0 Å². The van der Waals surface area contributed by atoms with E-state index in [2.05, 4.69) is 20.8 Å². The summed E-state index contributed by atoms with van der Waals surface area (Å²) in [4.78, 5) is 14.8. The van der Waals surface area contributed by atoms with Crippen LogP contribution in [0.5, 0.6) is 17.2 Å². The minimum Gasteiger partial charge on any atom is -0.493 e. The summed E-state index contributed by atoms with van der Waals surface area (Å²) >= 11 is 6.30. The Morgan fingerprint density at radius 3 is 2.41 bits per heavy atom. The number of carbonyl (C=O) groups is 1. The van der Waals surface area contributed by atoms with Crippen LogP contribution in [0.1, 0.15) is 27.2 Å². The van der Waals surface area contributed by atoms with Crippen LogP contribution in [-0.2, 0) is 4.79 Å². The zero-order chi connectivity index (χ0) is 24.3. The van der Waals surface area contributed by atoms with Gasteiger partial charge in [0.2, 0.25) is 0 Å². The van der Waals surface area contributed by atoms with E-state index in [-0.39, 0.29) is 11.3 Å². The highest BCUT2D eigenvalue weighted by atomic mass is 35.5. The van der Waals surface area contributed by atoms with E-state index in [9.17, 15) is 4.79 Å². The van der Waals surface area contributed by atoms with E-state index in [1.165, 1.54) is 0 Å². The lowest BCUT2D eigenvalue weighted by Crippen LogP contribution is -2.32. The van der Waals surface area contributed by atoms with E-state index in [0.717, 1.165) is 16.8 Å². The Hall–Kier alpha value is -3.18. The van der Waals surface area contributed by atoms with Gasteiger partial charge in [0.05, 0.1) is 13.7 Å². The van der Waals surface area contributed by atoms with Crippen molar-refractivity contribution < 1.29 is 19.0 Å². The number of amides is 1. The highest BCUT2D eigenvalue weighted by molar-refractivity contribution is 6.33. The van der Waals surface area contributed by atoms with Gasteiger partial charge in [0, 0.05) is 35.3 Å². The van der Waals surface area contributed by atoms with Gasteiger partial charge in [0.1, 0.15) is 5.75 Å². The van der Waals surface area contributed by atoms with Gasteiger partial charge in [-0.05, 0) is 41.3 Å². The topological polar surface area (TPSA) is 48.0 Å². The second kappa shape index (κ2) is 9.98. The van der Waals surface area contributed by atoms with E-state index < -0.39 is 6.10 Å². The molecule has 3 aromatic carbocycles. The summed E-state index contributed by atoms with van der Waals surface area (Å²) in [6.45, 7) is 7.48. The van der Waals surface area contributed by atoms with Crippen LogP contribution in [-0.4, -0.2) is 32.3 Å². The van der Waals surface area contributed by atoms with Crippen LogP contribution < -0.4 is 19.1 Å². The number of halogens is 1. The first-order valence-electron chi connectivity index (χ1n) is 11.4. The van der Waals surface area contributed by atoms with Gasteiger partial charge in [0.15, 0.2) is 17.6 Å². The van der Waals surface area contributed by atoms with Gasteiger partial charge in [-0.15, -0.1) is 0 Å². The number of carbonyl (C=O) groups excluding carboxylic acids is 1. The maximum Gasteiger partial charge on any atom is 0.268 e. The van der Waals surface area contributed by atoms with E-state index in [4.69, 9.17) is 25.8 Å². The number of hydrogen-bond acceptors (Lipinski definition) is 4. The van der Waals surface area contributed by atoms with Gasteiger partial charge in [-0.1, -0.05) is 62.7 Å². The number of nitrogens with zero attached hydrogens (tertiary/aromatic N) is 1. The second-order valence-electron chi connectivity index (χ2n) is 9.57. The number of hydrogen-bond donors (Lipinski definition) is 0. The number of ether oxygens (including phenoxy) is 3. The molecule has 1 aliphatic heterocycles. The summed E-state index contributed by atoms with van der Waals surface area (Å²) in [7, 11) is 1.60. The minimum atomic E-state index is -0.533. The Balaban J connectivity index is 1.43. The quantitative estimate of drug-likeness (QED) is 0.382. The molecule has 0 spiro atoms. The molecule has 5 nitrogen and oxygen atoms in total. The van der Waals surface area contributed by atoms with Crippen molar-refractivity contribution >= 4 is 23.2 Å². The summed E-state index contributed by atoms with van der Waals surface area (Å²) in [5, 5.41) is 0.697. The monoisotopic (exact) mass is 479 g/mol. The van der Waals surface area contributed by atoms with Crippen molar-refractivity contribution in [1.82, 2.24) is 0 Å². The van der Waals surface area contributed by atoms with Crippen LogP contribution in [0.3, 0.4) is 0 Å². The van der Waals surface area contributed by atoms with Crippen molar-refractivity contribution in [1.29, 1.82) is 0 Å². The Morgan fingerprint density at radius 1 is 1.00 bits per heavy atom. The molecule has 0 bridgehead atoms. The highest BCUT2D eigenvalue weighted by Gasteiger charge is 2.34. The van der Waals surface area contributed by atoms with Crippen LogP contribution in [0.25, 0.3) is 11.1 Å². The van der Waals surface area contributed by atoms with Gasteiger partial charge in [-0.2, -0.15) is 0 Å². The predicted octanol–water partition coefficient (Wildman–Crippen LogP) is 6.62. The molecule has 0 N–H and O–H groups in total. The van der Waals surface area contributed by atoms with E-state index in [0.29, 0.717) is 41.8 Å². The number of rotatable bonds is 7. The summed E-state index contributed by atoms with van der Waals surface area (Å²) in [5.41, 5.74) is 2.76. The third kappa shape index (κ3) is 5.48. The second-order valence-corrected chi connectivity index (χ2v) is 9.98. The molecule has 1 heterocycles. The van der Waals surface area contributed by atoms with Crippen molar-refractivity contribution in [2.75, 3.05) is 25.2 Å². The fraction of sp³-hybridized carbons (Fsp3) is 0.321. The van der Waals surface area contributed by atoms with Gasteiger partial charge in [0.25, 0.3) is 5.91 Å². The Kier molecular flexibility index (Phi) is 7.03. The summed E-state index contributed by atoms with van der Waals surface area (Å²) in [6, 6.07) is 20.9. The van der Waals surface area contributed by atoms with Crippen molar-refractivity contribution in [3.63, 3.8) is 0 Å². The number of anilines is 1. The molecule has 1 unspecified atom stereocenters. The van der Waals surface area contributed by atoms with Crippen molar-refractivity contribution in [3.8, 4) is 28.4 Å². The molecule has 1 atom stereocenters. The van der Waals surface area contributed by atoms with Crippen LogP contribution in [0.2, 0.25) is 5.02 Å². The largest absolute Gasteiger partial charge is 0.493 e. The molecule has 6 heteroatoms. The predicted molar refractivity (Wildman–Crippen MR) is 136 cm³/mol. The molecule has 4 rings (SSSR count). The molecule has 3 aromatic rings. The smallest absolute Gasteiger partial charge is 0.268 e. The van der Waals surface area contributed by atoms with Crippen LogP contribution in [0, 0.1) is 5.41 Å². The third-order valence-electron chi connectivity index (χ3n) is 5.59. The standard InChI is InChI=1S/C28H30ClNO4/c1-28(2,3)18-33-24-14-11-20(17-26(24)32-4)30-16-15-25(27(30)31)34-21-12-9-19(10-13-21)22-7-5-6-8-23(22)29/h5-14,17,25H,15-16,18H2,1-4H3. The first kappa shape index (κ1) is 24.0. The zero-order valence-electron chi connectivity index (χ0n) is 20.0. The van der Waals surface area contributed by atoms with Crippen LogP contribution in [0.15, 0.2) is 66.7 Å². The fourth-order valence-electron chi connectivity index (χ4n) is 3.83. The Labute approximate surface area is 206 Å². The molecule has 1 aliphatic rings. The first-order valence-corrected chi connectivity index (χ1v) is 11.8. The first-order chi connectivity index (χ1) is 16.2. The van der Waals surface area contributed by atoms with Gasteiger partial charge in [-0.3, -0.25) is 4.79 Å². The molecule has 34 heavy (non-hydrogen) atoms. The molecule has 178 valence electrons. The maximum absolute atomic E-state index is 13.1. The Bertz CT molecular complexity index is 1150. The highest BCUT2D eigenvalue weighted by Crippen LogP contribution is 2.35. The summed E-state index contributed by atoms with van der Waals surface area (Å²) in [5.74, 6) is 1.86. The van der Waals surface area contributed by atoms with Crippen molar-refractivity contribution in [2.45, 2.75) is 33.3 Å². The third-order valence-corrected chi connectivity index (χ3v) is 5.92. The minimum absolute atomic E-state index is 0.0325. The average Bonchev–Trinajstić information content (AvgIpc) is 3.18. The van der Waals surface area contributed by atoms with Crippen molar-refractivity contribution in [3.05, 3.63) is 71.8 Å². The fourth-order valence-corrected chi connectivity index (χ4v) is 4.07. The Morgan fingerprint density at radius 2 is 1.74 bits per heavy atom. The molecule has 0 saturated carbocycles. The van der Waals surface area contributed by atoms with Gasteiger partial charge in [-0.25, -0.2) is 0 Å². The lowest BCUT2D eigenvalue weighted by Gasteiger charge is -2.22.